The zero-order chi connectivity index (χ0) is 21.1. The van der Waals surface area contributed by atoms with Gasteiger partial charge in [-0.2, -0.15) is 0 Å². The summed E-state index contributed by atoms with van der Waals surface area (Å²) < 4.78 is 13.7. The third kappa shape index (κ3) is 4.78. The third-order valence-corrected chi connectivity index (χ3v) is 6.20. The molecule has 1 saturated carbocycles. The van der Waals surface area contributed by atoms with Gasteiger partial charge >= 0.3 is 0 Å². The molecule has 2 heterocycles. The fourth-order valence-electron chi connectivity index (χ4n) is 4.67. The topological polar surface area (TPSA) is 81.1 Å². The van der Waals surface area contributed by atoms with Crippen molar-refractivity contribution in [2.24, 2.45) is 0 Å². The molecule has 6 nitrogen and oxygen atoms in total. The number of carbonyl (C=O) groups excluding carboxylic acids is 1. The van der Waals surface area contributed by atoms with Crippen LogP contribution in [0.25, 0.3) is 10.9 Å². The van der Waals surface area contributed by atoms with E-state index in [4.69, 9.17) is 10.4 Å². The van der Waals surface area contributed by atoms with Gasteiger partial charge in [0.1, 0.15) is 17.5 Å². The van der Waals surface area contributed by atoms with E-state index >= 15 is 0 Å². The van der Waals surface area contributed by atoms with Crippen LogP contribution in [0.3, 0.4) is 0 Å². The largest absolute Gasteiger partial charge is 0.356 e. The molecule has 2 aliphatic rings. The molecule has 3 N–H and O–H groups in total. The minimum absolute atomic E-state index is 0.00128. The summed E-state index contributed by atoms with van der Waals surface area (Å²) in [4.78, 5) is 18.5. The number of pyridine rings is 1. The van der Waals surface area contributed by atoms with E-state index in [0.29, 0.717) is 34.4 Å². The first kappa shape index (κ1) is 20.7. The van der Waals surface area contributed by atoms with Gasteiger partial charge in [0.05, 0.1) is 11.1 Å². The van der Waals surface area contributed by atoms with Crippen molar-refractivity contribution in [1.82, 2.24) is 15.6 Å². The van der Waals surface area contributed by atoms with E-state index in [0.717, 1.165) is 25.9 Å². The Kier molecular flexibility index (Phi) is 6.27. The van der Waals surface area contributed by atoms with Gasteiger partial charge in [-0.25, -0.2) is 9.37 Å². The van der Waals surface area contributed by atoms with Crippen molar-refractivity contribution in [3.63, 3.8) is 0 Å². The van der Waals surface area contributed by atoms with Crippen molar-refractivity contribution in [1.29, 1.82) is 5.41 Å². The Labute approximate surface area is 176 Å². The SMILES string of the molecule is CC(=O)NC(=N)c1cc2cc(F)ccc2nc1N1CCC(NC2CCCCC2)CC1. The van der Waals surface area contributed by atoms with Gasteiger partial charge in [0.2, 0.25) is 5.91 Å². The van der Waals surface area contributed by atoms with E-state index in [1.165, 1.54) is 51.2 Å². The highest BCUT2D eigenvalue weighted by atomic mass is 19.1. The summed E-state index contributed by atoms with van der Waals surface area (Å²) in [5.41, 5.74) is 1.22. The fourth-order valence-corrected chi connectivity index (χ4v) is 4.67. The Morgan fingerprint density at radius 2 is 1.80 bits per heavy atom. The van der Waals surface area contributed by atoms with Gasteiger partial charge in [-0.3, -0.25) is 10.2 Å². The van der Waals surface area contributed by atoms with E-state index in [9.17, 15) is 9.18 Å². The van der Waals surface area contributed by atoms with Gasteiger partial charge in [-0.1, -0.05) is 19.3 Å². The second-order valence-electron chi connectivity index (χ2n) is 8.52. The molecule has 0 radical (unpaired) electrons. The van der Waals surface area contributed by atoms with Crippen LogP contribution < -0.4 is 15.5 Å². The monoisotopic (exact) mass is 411 g/mol. The summed E-state index contributed by atoms with van der Waals surface area (Å²) in [5.74, 6) is 0.0342. The Balaban J connectivity index is 1.54. The minimum Gasteiger partial charge on any atom is -0.356 e. The van der Waals surface area contributed by atoms with Crippen molar-refractivity contribution in [3.8, 4) is 0 Å². The first-order valence-corrected chi connectivity index (χ1v) is 11.0. The molecule has 1 aromatic carbocycles. The highest BCUT2D eigenvalue weighted by molar-refractivity contribution is 6.10. The smallest absolute Gasteiger partial charge is 0.222 e. The van der Waals surface area contributed by atoms with E-state index in [-0.39, 0.29) is 17.6 Å². The van der Waals surface area contributed by atoms with Gasteiger partial charge in [0.25, 0.3) is 0 Å². The molecule has 1 saturated heterocycles. The van der Waals surface area contributed by atoms with E-state index in [1.807, 2.05) is 0 Å². The number of halogens is 1. The van der Waals surface area contributed by atoms with Crippen molar-refractivity contribution >= 4 is 28.5 Å². The summed E-state index contributed by atoms with van der Waals surface area (Å²) in [6.07, 6.45) is 8.61. The summed E-state index contributed by atoms with van der Waals surface area (Å²) in [7, 11) is 0. The summed E-state index contributed by atoms with van der Waals surface area (Å²) >= 11 is 0. The highest BCUT2D eigenvalue weighted by Gasteiger charge is 2.26. The summed E-state index contributed by atoms with van der Waals surface area (Å²) in [5, 5.41) is 15.4. The lowest BCUT2D eigenvalue weighted by atomic mass is 9.93. The average Bonchev–Trinajstić information content (AvgIpc) is 2.73. The number of benzene rings is 1. The first-order chi connectivity index (χ1) is 14.5. The van der Waals surface area contributed by atoms with Crippen molar-refractivity contribution < 1.29 is 9.18 Å². The molecule has 7 heteroatoms. The molecule has 1 aliphatic heterocycles. The zero-order valence-corrected chi connectivity index (χ0v) is 17.5. The average molecular weight is 412 g/mol. The number of rotatable bonds is 4. The maximum Gasteiger partial charge on any atom is 0.222 e. The van der Waals surface area contributed by atoms with Crippen molar-refractivity contribution in [3.05, 3.63) is 35.6 Å². The Hall–Kier alpha value is -2.54. The zero-order valence-electron chi connectivity index (χ0n) is 17.5. The lowest BCUT2D eigenvalue weighted by molar-refractivity contribution is -0.117. The van der Waals surface area contributed by atoms with Crippen LogP contribution in [0, 0.1) is 11.2 Å². The molecule has 30 heavy (non-hydrogen) atoms. The van der Waals surface area contributed by atoms with Gasteiger partial charge in [0, 0.05) is 37.5 Å². The number of piperidine rings is 1. The summed E-state index contributed by atoms with van der Waals surface area (Å²) in [6.45, 7) is 3.06. The van der Waals surface area contributed by atoms with Crippen molar-refractivity contribution in [2.45, 2.75) is 64.0 Å². The molecule has 4 rings (SSSR count). The maximum absolute atomic E-state index is 13.7. The van der Waals surface area contributed by atoms with Crippen LogP contribution in [-0.4, -0.2) is 41.9 Å². The molecule has 1 aliphatic carbocycles. The number of amides is 1. The number of aromatic nitrogens is 1. The number of amidine groups is 1. The lowest BCUT2D eigenvalue weighted by Crippen LogP contribution is -2.47. The van der Waals surface area contributed by atoms with Gasteiger partial charge < -0.3 is 15.5 Å². The molecular weight excluding hydrogens is 381 g/mol. The molecule has 2 aromatic rings. The van der Waals surface area contributed by atoms with Crippen LogP contribution in [0.2, 0.25) is 0 Å². The predicted molar refractivity (Wildman–Crippen MR) is 118 cm³/mol. The Bertz CT molecular complexity index is 933. The van der Waals surface area contributed by atoms with Crippen LogP contribution >= 0.6 is 0 Å². The van der Waals surface area contributed by atoms with Crippen LogP contribution in [0.5, 0.6) is 0 Å². The van der Waals surface area contributed by atoms with Gasteiger partial charge in [-0.05, 0) is 49.9 Å². The molecule has 1 aromatic heterocycles. The van der Waals surface area contributed by atoms with E-state index in [2.05, 4.69) is 15.5 Å². The van der Waals surface area contributed by atoms with Gasteiger partial charge in [0.15, 0.2) is 0 Å². The molecule has 0 atom stereocenters. The highest BCUT2D eigenvalue weighted by Crippen LogP contribution is 2.28. The van der Waals surface area contributed by atoms with Crippen LogP contribution in [0.15, 0.2) is 24.3 Å². The molecule has 0 bridgehead atoms. The fraction of sp³-hybridized carbons (Fsp3) is 0.522. The van der Waals surface area contributed by atoms with Crippen LogP contribution in [0.4, 0.5) is 10.2 Å². The quantitative estimate of drug-likeness (QED) is 0.529. The molecule has 0 spiro atoms. The predicted octanol–water partition coefficient (Wildman–Crippen LogP) is 3.73. The number of anilines is 1. The second kappa shape index (κ2) is 9.08. The summed E-state index contributed by atoms with van der Waals surface area (Å²) in [6, 6.07) is 7.39. The molecule has 0 unspecified atom stereocenters. The van der Waals surface area contributed by atoms with Crippen molar-refractivity contribution in [2.75, 3.05) is 18.0 Å². The third-order valence-electron chi connectivity index (χ3n) is 6.20. The number of nitrogens with one attached hydrogen (secondary N) is 3. The minimum atomic E-state index is -0.344. The molecular formula is C23H30FN5O. The van der Waals surface area contributed by atoms with E-state index in [1.54, 1.807) is 12.1 Å². The molecule has 160 valence electrons. The Morgan fingerprint density at radius 3 is 2.50 bits per heavy atom. The number of hydrogen-bond acceptors (Lipinski definition) is 5. The second-order valence-corrected chi connectivity index (χ2v) is 8.52. The number of carbonyl (C=O) groups is 1. The molecule has 1 amide bonds. The number of fused-ring (bicyclic) bond motifs is 1. The standard InChI is InChI=1S/C23H30FN5O/c1-15(30)26-22(25)20-14-16-13-17(24)7-8-21(16)28-23(20)29-11-9-19(10-12-29)27-18-5-3-2-4-6-18/h7-8,13-14,18-19,27H,2-6,9-12H2,1H3,(H2,25,26,30). The maximum atomic E-state index is 13.7. The van der Waals surface area contributed by atoms with E-state index < -0.39 is 0 Å². The van der Waals surface area contributed by atoms with Crippen LogP contribution in [-0.2, 0) is 4.79 Å². The number of hydrogen-bond donors (Lipinski definition) is 3. The first-order valence-electron chi connectivity index (χ1n) is 11.0. The molecule has 2 fully saturated rings. The normalized spacial score (nSPS) is 18.5. The van der Waals surface area contributed by atoms with Crippen LogP contribution in [0.1, 0.15) is 57.4 Å². The number of nitrogens with zero attached hydrogens (tertiary/aromatic N) is 2. The van der Waals surface area contributed by atoms with Gasteiger partial charge in [-0.15, -0.1) is 0 Å². The lowest BCUT2D eigenvalue weighted by Gasteiger charge is -2.37. The Morgan fingerprint density at radius 1 is 1.10 bits per heavy atom.